The van der Waals surface area contributed by atoms with E-state index in [2.05, 4.69) is 4.98 Å². The van der Waals surface area contributed by atoms with Crippen LogP contribution in [0.2, 0.25) is 0 Å². The van der Waals surface area contributed by atoms with Crippen LogP contribution in [0.15, 0.2) is 42.5 Å². The fourth-order valence-corrected chi connectivity index (χ4v) is 1.64. The van der Waals surface area contributed by atoms with Gasteiger partial charge in [-0.15, -0.1) is 11.6 Å². The van der Waals surface area contributed by atoms with Gasteiger partial charge in [0.2, 0.25) is 5.88 Å². The van der Waals surface area contributed by atoms with Crippen LogP contribution >= 0.6 is 11.6 Å². The molecule has 0 aliphatic heterocycles. The monoisotopic (exact) mass is 247 g/mol. The van der Waals surface area contributed by atoms with Crippen LogP contribution in [-0.4, -0.2) is 4.98 Å². The fraction of sp³-hybridized carbons (Fsp3) is 0.214. The van der Waals surface area contributed by atoms with Crippen molar-refractivity contribution in [2.24, 2.45) is 0 Å². The molecule has 2 nitrogen and oxygen atoms in total. The molecule has 3 heteroatoms. The van der Waals surface area contributed by atoms with Crippen LogP contribution in [0.5, 0.6) is 5.88 Å². The Morgan fingerprint density at radius 2 is 1.88 bits per heavy atom. The van der Waals surface area contributed by atoms with Gasteiger partial charge in [0, 0.05) is 5.56 Å². The Morgan fingerprint density at radius 3 is 2.59 bits per heavy atom. The maximum absolute atomic E-state index is 5.75. The molecule has 0 fully saturated rings. The third-order valence-electron chi connectivity index (χ3n) is 2.46. The molecular formula is C14H14ClNO. The highest BCUT2D eigenvalue weighted by Gasteiger charge is 2.03. The van der Waals surface area contributed by atoms with Crippen molar-refractivity contribution in [2.75, 3.05) is 0 Å². The number of alkyl halides is 1. The summed E-state index contributed by atoms with van der Waals surface area (Å²) in [4.78, 5) is 4.35. The average Bonchev–Trinajstić information content (AvgIpc) is 2.39. The molecule has 2 aromatic rings. The Bertz CT molecular complexity index is 485. The van der Waals surface area contributed by atoms with Crippen LogP contribution in [0.3, 0.4) is 0 Å². The molecule has 0 bridgehead atoms. The van der Waals surface area contributed by atoms with Gasteiger partial charge in [-0.3, -0.25) is 0 Å². The van der Waals surface area contributed by atoms with E-state index in [4.69, 9.17) is 16.3 Å². The van der Waals surface area contributed by atoms with Crippen LogP contribution in [0.1, 0.15) is 16.8 Å². The van der Waals surface area contributed by atoms with Crippen LogP contribution in [-0.2, 0) is 12.5 Å². The van der Waals surface area contributed by atoms with Crippen molar-refractivity contribution in [3.8, 4) is 5.88 Å². The first kappa shape index (κ1) is 11.9. The van der Waals surface area contributed by atoms with E-state index in [9.17, 15) is 0 Å². The lowest BCUT2D eigenvalue weighted by atomic mass is 10.2. The largest absolute Gasteiger partial charge is 0.473 e. The molecule has 17 heavy (non-hydrogen) atoms. The van der Waals surface area contributed by atoms with E-state index in [1.54, 1.807) is 0 Å². The summed E-state index contributed by atoms with van der Waals surface area (Å²) in [6.07, 6.45) is 0. The molecule has 0 aliphatic rings. The summed E-state index contributed by atoms with van der Waals surface area (Å²) < 4.78 is 5.70. The van der Waals surface area contributed by atoms with Crippen molar-refractivity contribution in [1.82, 2.24) is 4.98 Å². The molecule has 0 amide bonds. The molecule has 1 heterocycles. The van der Waals surface area contributed by atoms with Gasteiger partial charge in [-0.05, 0) is 18.6 Å². The zero-order chi connectivity index (χ0) is 12.1. The minimum Gasteiger partial charge on any atom is -0.473 e. The van der Waals surface area contributed by atoms with Crippen LogP contribution in [0.25, 0.3) is 0 Å². The van der Waals surface area contributed by atoms with E-state index >= 15 is 0 Å². The number of rotatable bonds is 4. The van der Waals surface area contributed by atoms with Crippen molar-refractivity contribution >= 4 is 11.6 Å². The smallest absolute Gasteiger partial charge is 0.216 e. The number of ether oxygens (including phenoxy) is 1. The molecule has 2 rings (SSSR count). The molecule has 0 saturated carbocycles. The fourth-order valence-electron chi connectivity index (χ4n) is 1.49. The summed E-state index contributed by atoms with van der Waals surface area (Å²) in [6.45, 7) is 2.51. The molecule has 0 spiro atoms. The minimum absolute atomic E-state index is 0.405. The summed E-state index contributed by atoms with van der Waals surface area (Å²) >= 11 is 5.75. The zero-order valence-corrected chi connectivity index (χ0v) is 10.4. The van der Waals surface area contributed by atoms with E-state index in [-0.39, 0.29) is 0 Å². The second-order valence-electron chi connectivity index (χ2n) is 3.83. The van der Waals surface area contributed by atoms with E-state index in [1.807, 2.05) is 49.4 Å². The number of hydrogen-bond acceptors (Lipinski definition) is 2. The van der Waals surface area contributed by atoms with Crippen molar-refractivity contribution in [3.05, 3.63) is 59.3 Å². The summed E-state index contributed by atoms with van der Waals surface area (Å²) in [6, 6.07) is 13.9. The predicted octanol–water partition coefficient (Wildman–Crippen LogP) is 3.71. The second kappa shape index (κ2) is 5.69. The molecule has 88 valence electrons. The molecule has 0 saturated heterocycles. The lowest BCUT2D eigenvalue weighted by molar-refractivity contribution is 0.291. The molecule has 0 radical (unpaired) electrons. The van der Waals surface area contributed by atoms with Crippen molar-refractivity contribution in [2.45, 2.75) is 19.4 Å². The number of aromatic nitrogens is 1. The van der Waals surface area contributed by atoms with Gasteiger partial charge >= 0.3 is 0 Å². The third kappa shape index (κ3) is 3.21. The van der Waals surface area contributed by atoms with Gasteiger partial charge in [-0.1, -0.05) is 36.4 Å². The highest BCUT2D eigenvalue weighted by molar-refractivity contribution is 6.16. The Hall–Kier alpha value is -1.54. The zero-order valence-electron chi connectivity index (χ0n) is 9.69. The number of benzene rings is 1. The predicted molar refractivity (Wildman–Crippen MR) is 69.3 cm³/mol. The molecule has 1 aromatic heterocycles. The molecular weight excluding hydrogens is 234 g/mol. The average molecular weight is 248 g/mol. The van der Waals surface area contributed by atoms with Crippen LogP contribution in [0, 0.1) is 6.92 Å². The highest BCUT2D eigenvalue weighted by atomic mass is 35.5. The maximum atomic E-state index is 5.75. The minimum atomic E-state index is 0.405. The van der Waals surface area contributed by atoms with Crippen molar-refractivity contribution in [3.63, 3.8) is 0 Å². The Balaban J connectivity index is 2.08. The highest BCUT2D eigenvalue weighted by Crippen LogP contribution is 2.17. The number of nitrogens with zero attached hydrogens (tertiary/aromatic N) is 1. The van der Waals surface area contributed by atoms with E-state index < -0.39 is 0 Å². The van der Waals surface area contributed by atoms with E-state index in [0.29, 0.717) is 18.4 Å². The number of aryl methyl sites for hydroxylation is 1. The Morgan fingerprint density at radius 1 is 1.12 bits per heavy atom. The first-order chi connectivity index (χ1) is 8.29. The molecule has 0 unspecified atom stereocenters. The van der Waals surface area contributed by atoms with Crippen molar-refractivity contribution < 1.29 is 4.74 Å². The summed E-state index contributed by atoms with van der Waals surface area (Å²) in [7, 11) is 0. The second-order valence-corrected chi connectivity index (χ2v) is 4.10. The van der Waals surface area contributed by atoms with Gasteiger partial charge in [0.25, 0.3) is 0 Å². The van der Waals surface area contributed by atoms with Gasteiger partial charge in [0.15, 0.2) is 0 Å². The van der Waals surface area contributed by atoms with Gasteiger partial charge < -0.3 is 4.74 Å². The van der Waals surface area contributed by atoms with E-state index in [1.165, 1.54) is 0 Å². The van der Waals surface area contributed by atoms with Crippen molar-refractivity contribution in [1.29, 1.82) is 0 Å². The number of pyridine rings is 1. The van der Waals surface area contributed by atoms with Gasteiger partial charge in [-0.2, -0.15) is 0 Å². The molecule has 0 N–H and O–H groups in total. The number of halogens is 1. The normalized spacial score (nSPS) is 10.2. The Kier molecular flexibility index (Phi) is 3.99. The van der Waals surface area contributed by atoms with Crippen LogP contribution in [0.4, 0.5) is 0 Å². The molecule has 0 aliphatic carbocycles. The van der Waals surface area contributed by atoms with Crippen LogP contribution < -0.4 is 4.74 Å². The third-order valence-corrected chi connectivity index (χ3v) is 2.74. The topological polar surface area (TPSA) is 22.1 Å². The SMILES string of the molecule is Cc1ccc(CCl)nc1OCc1ccccc1. The summed E-state index contributed by atoms with van der Waals surface area (Å²) in [5, 5.41) is 0. The maximum Gasteiger partial charge on any atom is 0.216 e. The molecule has 1 aromatic carbocycles. The van der Waals surface area contributed by atoms with Gasteiger partial charge in [-0.25, -0.2) is 4.98 Å². The Labute approximate surface area is 106 Å². The summed E-state index contributed by atoms with van der Waals surface area (Å²) in [5.41, 5.74) is 2.99. The van der Waals surface area contributed by atoms with E-state index in [0.717, 1.165) is 16.8 Å². The lowest BCUT2D eigenvalue weighted by Crippen LogP contribution is -2.00. The molecule has 0 atom stereocenters. The first-order valence-corrected chi connectivity index (χ1v) is 6.02. The lowest BCUT2D eigenvalue weighted by Gasteiger charge is -2.09. The van der Waals surface area contributed by atoms with Gasteiger partial charge in [0.1, 0.15) is 6.61 Å². The standard InChI is InChI=1S/C14H14ClNO/c1-11-7-8-13(9-15)16-14(11)17-10-12-5-3-2-4-6-12/h2-8H,9-10H2,1H3. The first-order valence-electron chi connectivity index (χ1n) is 5.49. The summed E-state index contributed by atoms with van der Waals surface area (Å²) in [5.74, 6) is 1.06. The number of hydrogen-bond donors (Lipinski definition) is 0. The quantitative estimate of drug-likeness (QED) is 0.769. The van der Waals surface area contributed by atoms with Gasteiger partial charge in [0.05, 0.1) is 11.6 Å².